The number of thioether (sulfide) groups is 1. The van der Waals surface area contributed by atoms with E-state index in [9.17, 15) is 18.0 Å². The average molecular weight is 465 g/mol. The first kappa shape index (κ1) is 23.6. The van der Waals surface area contributed by atoms with Crippen LogP contribution in [0.1, 0.15) is 35.5 Å². The van der Waals surface area contributed by atoms with Crippen LogP contribution in [0.2, 0.25) is 0 Å². The number of aryl methyl sites for hydroxylation is 2. The third kappa shape index (κ3) is 5.82. The van der Waals surface area contributed by atoms with Crippen LogP contribution in [-0.4, -0.2) is 26.4 Å². The fraction of sp³-hybridized carbons (Fsp3) is 0.318. The number of nitrogens with one attached hydrogen (secondary N) is 1. The molecule has 0 fully saturated rings. The summed E-state index contributed by atoms with van der Waals surface area (Å²) in [5.41, 5.74) is 1.56. The van der Waals surface area contributed by atoms with E-state index in [1.807, 2.05) is 39.0 Å². The van der Waals surface area contributed by atoms with Crippen LogP contribution in [0.5, 0.6) is 5.75 Å². The van der Waals surface area contributed by atoms with E-state index in [0.29, 0.717) is 11.0 Å². The smallest absolute Gasteiger partial charge is 0.416 e. The third-order valence-corrected chi connectivity index (χ3v) is 5.85. The summed E-state index contributed by atoms with van der Waals surface area (Å²) in [5, 5.41) is 11.2. The normalized spacial score (nSPS) is 12.5. The van der Waals surface area contributed by atoms with Gasteiger partial charge < -0.3 is 14.6 Å². The Morgan fingerprint density at radius 1 is 1.16 bits per heavy atom. The number of amides is 1. The number of carbonyl (C=O) groups excluding carboxylic acids is 1. The quantitative estimate of drug-likeness (QED) is 0.479. The summed E-state index contributed by atoms with van der Waals surface area (Å²) in [4.78, 5) is 12.2. The summed E-state index contributed by atoms with van der Waals surface area (Å²) in [7, 11) is 1.77. The first-order valence-corrected chi connectivity index (χ1v) is 10.8. The molecular formula is C22H23F3N4O2S. The molecule has 1 atom stereocenters. The molecule has 0 aliphatic carbocycles. The van der Waals surface area contributed by atoms with E-state index in [1.54, 1.807) is 11.6 Å². The number of nitrogens with zero attached hydrogens (tertiary/aromatic N) is 3. The lowest BCUT2D eigenvalue weighted by Crippen LogP contribution is -2.15. The van der Waals surface area contributed by atoms with Crippen LogP contribution in [0.15, 0.2) is 47.6 Å². The SMILES string of the molecule is Cc1ccc(OC(C)c2nnc(SCC(=O)Nc3cccc(C(F)(F)F)c3)n2C)cc1C. The lowest BCUT2D eigenvalue weighted by Gasteiger charge is -2.15. The molecule has 32 heavy (non-hydrogen) atoms. The Kier molecular flexibility index (Phi) is 7.12. The zero-order chi connectivity index (χ0) is 23.5. The number of benzene rings is 2. The van der Waals surface area contributed by atoms with Gasteiger partial charge in [0.2, 0.25) is 5.91 Å². The van der Waals surface area contributed by atoms with Crippen LogP contribution in [0, 0.1) is 13.8 Å². The van der Waals surface area contributed by atoms with E-state index < -0.39 is 17.6 Å². The van der Waals surface area contributed by atoms with Gasteiger partial charge in [-0.2, -0.15) is 13.2 Å². The molecular weight excluding hydrogens is 441 g/mol. The lowest BCUT2D eigenvalue weighted by atomic mass is 10.1. The Morgan fingerprint density at radius 2 is 1.91 bits per heavy atom. The molecule has 1 N–H and O–H groups in total. The van der Waals surface area contributed by atoms with Crippen molar-refractivity contribution < 1.29 is 22.7 Å². The van der Waals surface area contributed by atoms with E-state index in [1.165, 1.54) is 17.7 Å². The minimum Gasteiger partial charge on any atom is -0.483 e. The van der Waals surface area contributed by atoms with Gasteiger partial charge in [-0.05, 0) is 62.2 Å². The van der Waals surface area contributed by atoms with Crippen molar-refractivity contribution in [2.24, 2.45) is 7.05 Å². The molecule has 0 aliphatic rings. The number of hydrogen-bond donors (Lipinski definition) is 1. The van der Waals surface area contributed by atoms with Crippen molar-refractivity contribution in [1.82, 2.24) is 14.8 Å². The molecule has 1 aromatic heterocycles. The highest BCUT2D eigenvalue weighted by Gasteiger charge is 2.30. The molecule has 0 saturated carbocycles. The second-order valence-electron chi connectivity index (χ2n) is 7.32. The lowest BCUT2D eigenvalue weighted by molar-refractivity contribution is -0.137. The van der Waals surface area contributed by atoms with Gasteiger partial charge in [0.05, 0.1) is 11.3 Å². The molecule has 10 heteroatoms. The number of anilines is 1. The number of rotatable bonds is 7. The number of hydrogen-bond acceptors (Lipinski definition) is 5. The first-order chi connectivity index (χ1) is 15.0. The summed E-state index contributed by atoms with van der Waals surface area (Å²) in [6.45, 7) is 5.89. The molecule has 6 nitrogen and oxygen atoms in total. The Labute approximate surface area is 188 Å². The van der Waals surface area contributed by atoms with Crippen molar-refractivity contribution >= 4 is 23.4 Å². The maximum Gasteiger partial charge on any atom is 0.416 e. The number of aromatic nitrogens is 3. The number of alkyl halides is 3. The standard InChI is InChI=1S/C22H23F3N4O2S/c1-13-8-9-18(10-14(13)2)31-15(3)20-27-28-21(29(20)4)32-12-19(30)26-17-7-5-6-16(11-17)22(23,24)25/h5-11,15H,12H2,1-4H3,(H,26,30). The Hall–Kier alpha value is -3.01. The molecule has 0 spiro atoms. The summed E-state index contributed by atoms with van der Waals surface area (Å²) in [5.74, 6) is 0.829. The highest BCUT2D eigenvalue weighted by molar-refractivity contribution is 7.99. The van der Waals surface area contributed by atoms with Gasteiger partial charge in [-0.25, -0.2) is 0 Å². The van der Waals surface area contributed by atoms with Crippen molar-refractivity contribution in [3.8, 4) is 5.75 Å². The van der Waals surface area contributed by atoms with Gasteiger partial charge in [-0.3, -0.25) is 4.79 Å². The van der Waals surface area contributed by atoms with E-state index in [4.69, 9.17) is 4.74 Å². The van der Waals surface area contributed by atoms with Gasteiger partial charge in [-0.1, -0.05) is 23.9 Å². The van der Waals surface area contributed by atoms with Gasteiger partial charge >= 0.3 is 6.18 Å². The van der Waals surface area contributed by atoms with Crippen molar-refractivity contribution in [3.63, 3.8) is 0 Å². The second-order valence-corrected chi connectivity index (χ2v) is 8.26. The number of carbonyl (C=O) groups is 1. The fourth-order valence-electron chi connectivity index (χ4n) is 2.95. The molecule has 0 bridgehead atoms. The molecule has 1 unspecified atom stereocenters. The van der Waals surface area contributed by atoms with E-state index in [-0.39, 0.29) is 17.5 Å². The second kappa shape index (κ2) is 9.64. The van der Waals surface area contributed by atoms with Crippen molar-refractivity contribution in [1.29, 1.82) is 0 Å². The van der Waals surface area contributed by atoms with Crippen LogP contribution in [0.25, 0.3) is 0 Å². The van der Waals surface area contributed by atoms with Gasteiger partial charge in [0.25, 0.3) is 0 Å². The van der Waals surface area contributed by atoms with Crippen LogP contribution < -0.4 is 10.1 Å². The molecule has 0 radical (unpaired) electrons. The van der Waals surface area contributed by atoms with Crippen LogP contribution >= 0.6 is 11.8 Å². The van der Waals surface area contributed by atoms with E-state index in [0.717, 1.165) is 35.2 Å². The van der Waals surface area contributed by atoms with E-state index >= 15 is 0 Å². The van der Waals surface area contributed by atoms with Crippen LogP contribution in [0.4, 0.5) is 18.9 Å². The maximum atomic E-state index is 12.8. The fourth-order valence-corrected chi connectivity index (χ4v) is 3.67. The van der Waals surface area contributed by atoms with Crippen molar-refractivity contribution in [3.05, 3.63) is 65.0 Å². The average Bonchev–Trinajstić information content (AvgIpc) is 3.09. The maximum absolute atomic E-state index is 12.8. The van der Waals surface area contributed by atoms with Crippen molar-refractivity contribution in [2.45, 2.75) is 38.2 Å². The highest BCUT2D eigenvalue weighted by atomic mass is 32.2. The van der Waals surface area contributed by atoms with Crippen LogP contribution in [-0.2, 0) is 18.0 Å². The molecule has 2 aromatic carbocycles. The Balaban J connectivity index is 1.59. The van der Waals surface area contributed by atoms with Crippen molar-refractivity contribution in [2.75, 3.05) is 11.1 Å². The zero-order valence-electron chi connectivity index (χ0n) is 18.0. The number of halogens is 3. The molecule has 3 aromatic rings. The van der Waals surface area contributed by atoms with Gasteiger partial charge in [-0.15, -0.1) is 10.2 Å². The molecule has 1 heterocycles. The molecule has 0 aliphatic heterocycles. The minimum absolute atomic E-state index is 0.0331. The van der Waals surface area contributed by atoms with Gasteiger partial charge in [0.15, 0.2) is 17.1 Å². The predicted molar refractivity (Wildman–Crippen MR) is 117 cm³/mol. The largest absolute Gasteiger partial charge is 0.483 e. The minimum atomic E-state index is -4.47. The number of ether oxygens (including phenoxy) is 1. The monoisotopic (exact) mass is 464 g/mol. The summed E-state index contributed by atoms with van der Waals surface area (Å²) in [6.07, 6.45) is -4.84. The van der Waals surface area contributed by atoms with E-state index in [2.05, 4.69) is 15.5 Å². The molecule has 3 rings (SSSR count). The van der Waals surface area contributed by atoms with Crippen LogP contribution in [0.3, 0.4) is 0 Å². The molecule has 170 valence electrons. The summed E-state index contributed by atoms with van der Waals surface area (Å²) in [6, 6.07) is 10.3. The molecule has 0 saturated heterocycles. The highest BCUT2D eigenvalue weighted by Crippen LogP contribution is 2.31. The summed E-state index contributed by atoms with van der Waals surface area (Å²) < 4.78 is 46.1. The predicted octanol–water partition coefficient (Wildman–Crippen LogP) is 5.32. The molecule has 1 amide bonds. The van der Waals surface area contributed by atoms with Gasteiger partial charge in [0.1, 0.15) is 5.75 Å². The zero-order valence-corrected chi connectivity index (χ0v) is 18.8. The Bertz CT molecular complexity index is 1110. The first-order valence-electron chi connectivity index (χ1n) is 9.77. The Morgan fingerprint density at radius 3 is 2.59 bits per heavy atom. The van der Waals surface area contributed by atoms with Gasteiger partial charge in [0, 0.05) is 12.7 Å². The topological polar surface area (TPSA) is 69.0 Å². The summed E-state index contributed by atoms with van der Waals surface area (Å²) >= 11 is 1.13. The third-order valence-electron chi connectivity index (χ3n) is 4.83.